The number of fused-ring (bicyclic) bond motifs is 4. The summed E-state index contributed by atoms with van der Waals surface area (Å²) in [4.78, 5) is 39.2. The van der Waals surface area contributed by atoms with E-state index in [2.05, 4.69) is 24.3 Å². The zero-order valence-corrected chi connectivity index (χ0v) is 23.5. The van der Waals surface area contributed by atoms with Crippen molar-refractivity contribution in [2.45, 2.75) is 31.5 Å². The maximum absolute atomic E-state index is 13.5. The van der Waals surface area contributed by atoms with E-state index in [-0.39, 0.29) is 37.9 Å². The monoisotopic (exact) mass is 570 g/mol. The van der Waals surface area contributed by atoms with Gasteiger partial charge in [-0.25, -0.2) is 4.79 Å². The van der Waals surface area contributed by atoms with Crippen LogP contribution in [0.5, 0.6) is 0 Å². The van der Waals surface area contributed by atoms with Crippen LogP contribution in [0.25, 0.3) is 27.6 Å². The highest BCUT2D eigenvalue weighted by Gasteiger charge is 2.43. The SMILES string of the molecule is O=C1CCC(C(=O)OCc2c3ccccc3cc3ccccc23)C(C(=O)OCC2c3ccccc3C=C3C=CC=CC32)O1. The summed E-state index contributed by atoms with van der Waals surface area (Å²) in [6.45, 7) is 0.121. The Morgan fingerprint density at radius 1 is 0.837 bits per heavy atom. The molecule has 1 fully saturated rings. The molecule has 2 aliphatic carbocycles. The maximum atomic E-state index is 13.5. The maximum Gasteiger partial charge on any atom is 0.348 e. The average molecular weight is 571 g/mol. The van der Waals surface area contributed by atoms with E-state index in [1.807, 2.05) is 84.9 Å². The molecule has 0 radical (unpaired) electrons. The van der Waals surface area contributed by atoms with Crippen LogP contribution in [0.15, 0.2) is 109 Å². The molecule has 0 saturated carbocycles. The lowest BCUT2D eigenvalue weighted by Gasteiger charge is -2.33. The van der Waals surface area contributed by atoms with Gasteiger partial charge in [-0.05, 0) is 50.7 Å². The minimum Gasteiger partial charge on any atom is -0.462 e. The third-order valence-electron chi connectivity index (χ3n) is 8.72. The minimum absolute atomic E-state index is 0.0302. The molecule has 3 aliphatic rings. The van der Waals surface area contributed by atoms with Gasteiger partial charge in [-0.3, -0.25) is 9.59 Å². The summed E-state index contributed by atoms with van der Waals surface area (Å²) in [6.07, 6.45) is 9.17. The fourth-order valence-corrected chi connectivity index (χ4v) is 6.56. The molecule has 4 atom stereocenters. The van der Waals surface area contributed by atoms with Crippen LogP contribution < -0.4 is 0 Å². The van der Waals surface area contributed by atoms with Crippen molar-refractivity contribution < 1.29 is 28.6 Å². The van der Waals surface area contributed by atoms with E-state index in [9.17, 15) is 14.4 Å². The van der Waals surface area contributed by atoms with Crippen molar-refractivity contribution in [3.8, 4) is 0 Å². The summed E-state index contributed by atoms with van der Waals surface area (Å²) in [7, 11) is 0. The quantitative estimate of drug-likeness (QED) is 0.144. The van der Waals surface area contributed by atoms with E-state index in [4.69, 9.17) is 14.2 Å². The van der Waals surface area contributed by atoms with Gasteiger partial charge in [-0.2, -0.15) is 0 Å². The van der Waals surface area contributed by atoms with Crippen LogP contribution in [-0.4, -0.2) is 30.6 Å². The van der Waals surface area contributed by atoms with Crippen LogP contribution in [-0.2, 0) is 35.2 Å². The van der Waals surface area contributed by atoms with E-state index >= 15 is 0 Å². The lowest BCUT2D eigenvalue weighted by atomic mass is 9.73. The zero-order valence-electron chi connectivity index (χ0n) is 23.5. The second-order valence-electron chi connectivity index (χ2n) is 11.2. The number of carbonyl (C=O) groups excluding carboxylic acids is 3. The third-order valence-corrected chi connectivity index (χ3v) is 8.72. The van der Waals surface area contributed by atoms with Crippen molar-refractivity contribution in [3.05, 3.63) is 125 Å². The number of rotatable bonds is 6. The van der Waals surface area contributed by atoms with Crippen LogP contribution in [0.2, 0.25) is 0 Å². The van der Waals surface area contributed by atoms with E-state index in [1.54, 1.807) is 0 Å². The molecule has 0 amide bonds. The van der Waals surface area contributed by atoms with Crippen LogP contribution in [0.1, 0.15) is 35.4 Å². The number of benzene rings is 4. The lowest BCUT2D eigenvalue weighted by molar-refractivity contribution is -0.184. The molecule has 6 heteroatoms. The van der Waals surface area contributed by atoms with Crippen molar-refractivity contribution in [1.29, 1.82) is 0 Å². The highest BCUT2D eigenvalue weighted by atomic mass is 16.6. The summed E-state index contributed by atoms with van der Waals surface area (Å²) < 4.78 is 17.1. The highest BCUT2D eigenvalue weighted by Crippen LogP contribution is 2.41. The van der Waals surface area contributed by atoms with E-state index in [0.29, 0.717) is 0 Å². The molecule has 214 valence electrons. The van der Waals surface area contributed by atoms with Crippen LogP contribution in [0.3, 0.4) is 0 Å². The Bertz CT molecular complexity index is 1790. The second kappa shape index (κ2) is 11.4. The lowest BCUT2D eigenvalue weighted by Crippen LogP contribution is -2.44. The molecule has 0 spiro atoms. The van der Waals surface area contributed by atoms with Gasteiger partial charge in [0.05, 0.1) is 6.61 Å². The molecule has 0 bridgehead atoms. The molecule has 1 saturated heterocycles. The van der Waals surface area contributed by atoms with Crippen LogP contribution in [0, 0.1) is 11.8 Å². The van der Waals surface area contributed by atoms with Gasteiger partial charge in [0.1, 0.15) is 12.5 Å². The molecule has 4 aromatic carbocycles. The van der Waals surface area contributed by atoms with Gasteiger partial charge in [-0.15, -0.1) is 0 Å². The van der Waals surface area contributed by atoms with E-state index in [0.717, 1.165) is 43.8 Å². The standard InChI is InChI=1S/C37H30O6/c38-34-18-17-31(36(39)41-21-32-27-13-5-1-9-23(27)19-24-10-2-6-14-28(24)32)35(43-34)37(40)42-22-33-29-15-7-3-11-25(29)20-26-12-4-8-16-30(26)33/h1-16,19-20,29,31,33,35H,17-18,21-22H2. The number of hydrogen-bond donors (Lipinski definition) is 0. The number of carbonyl (C=O) groups is 3. The Balaban J connectivity index is 1.09. The smallest absolute Gasteiger partial charge is 0.348 e. The van der Waals surface area contributed by atoms with Gasteiger partial charge in [0.15, 0.2) is 0 Å². The Kier molecular flexibility index (Phi) is 7.11. The van der Waals surface area contributed by atoms with Crippen molar-refractivity contribution in [1.82, 2.24) is 0 Å². The number of allylic oxidation sites excluding steroid dienone is 5. The zero-order chi connectivity index (χ0) is 29.3. The van der Waals surface area contributed by atoms with Crippen molar-refractivity contribution >= 4 is 45.5 Å². The first kappa shape index (κ1) is 26.9. The van der Waals surface area contributed by atoms with Crippen molar-refractivity contribution in [2.24, 2.45) is 11.8 Å². The number of hydrogen-bond acceptors (Lipinski definition) is 6. The van der Waals surface area contributed by atoms with Gasteiger partial charge in [0, 0.05) is 23.8 Å². The van der Waals surface area contributed by atoms with Gasteiger partial charge >= 0.3 is 17.9 Å². The number of cyclic esters (lactones) is 1. The molecule has 1 heterocycles. The van der Waals surface area contributed by atoms with Gasteiger partial charge in [0.25, 0.3) is 0 Å². The first-order valence-corrected chi connectivity index (χ1v) is 14.6. The Labute approximate surface area is 249 Å². The normalized spacial score (nSPS) is 22.3. The largest absolute Gasteiger partial charge is 0.462 e. The molecule has 0 N–H and O–H groups in total. The van der Waals surface area contributed by atoms with E-state index < -0.39 is 29.9 Å². The van der Waals surface area contributed by atoms with Gasteiger partial charge < -0.3 is 14.2 Å². The molecule has 4 unspecified atom stereocenters. The molecule has 6 nitrogen and oxygen atoms in total. The highest BCUT2D eigenvalue weighted by molar-refractivity contribution is 6.02. The summed E-state index contributed by atoms with van der Waals surface area (Å²) in [6, 6.07) is 26.1. The van der Waals surface area contributed by atoms with Gasteiger partial charge in [0.2, 0.25) is 6.10 Å². The first-order chi connectivity index (χ1) is 21.1. The van der Waals surface area contributed by atoms with E-state index in [1.165, 1.54) is 0 Å². The number of ether oxygens (including phenoxy) is 3. The third kappa shape index (κ3) is 5.14. The molecule has 1 aliphatic heterocycles. The molecule has 0 aromatic heterocycles. The van der Waals surface area contributed by atoms with Gasteiger partial charge in [-0.1, -0.05) is 103 Å². The predicted molar refractivity (Wildman–Crippen MR) is 164 cm³/mol. The summed E-state index contributed by atoms with van der Waals surface area (Å²) >= 11 is 0. The fourth-order valence-electron chi connectivity index (χ4n) is 6.56. The molecular formula is C37H30O6. The molecular weight excluding hydrogens is 540 g/mol. The molecule has 7 rings (SSSR count). The first-order valence-electron chi connectivity index (χ1n) is 14.6. The fraction of sp³-hybridized carbons (Fsp3) is 0.216. The van der Waals surface area contributed by atoms with Crippen molar-refractivity contribution in [2.75, 3.05) is 6.61 Å². The second-order valence-corrected chi connectivity index (χ2v) is 11.2. The topological polar surface area (TPSA) is 78.9 Å². The number of esters is 3. The summed E-state index contributed by atoms with van der Waals surface area (Å²) in [5.41, 5.74) is 4.21. The molecule has 43 heavy (non-hydrogen) atoms. The Morgan fingerprint density at radius 3 is 2.35 bits per heavy atom. The summed E-state index contributed by atoms with van der Waals surface area (Å²) in [5, 5.41) is 4.08. The van der Waals surface area contributed by atoms with Crippen LogP contribution >= 0.6 is 0 Å². The Hall–Kier alpha value is -4.97. The average Bonchev–Trinajstić information content (AvgIpc) is 3.04. The minimum atomic E-state index is -1.35. The predicted octanol–water partition coefficient (Wildman–Crippen LogP) is 6.82. The van der Waals surface area contributed by atoms with Crippen LogP contribution in [0.4, 0.5) is 0 Å². The summed E-state index contributed by atoms with van der Waals surface area (Å²) in [5.74, 6) is -2.84. The molecule has 4 aromatic rings. The van der Waals surface area contributed by atoms with Crippen molar-refractivity contribution in [3.63, 3.8) is 0 Å². The Morgan fingerprint density at radius 2 is 1.56 bits per heavy atom.